The maximum Gasteiger partial charge on any atom is 0.157 e. The van der Waals surface area contributed by atoms with Crippen molar-refractivity contribution < 1.29 is 23.7 Å². The summed E-state index contributed by atoms with van der Waals surface area (Å²) in [5, 5.41) is 2.90. The van der Waals surface area contributed by atoms with Crippen LogP contribution in [0.15, 0.2) is 36.4 Å². The minimum atomic E-state index is -0.0818. The number of hydrogen-bond acceptors (Lipinski definition) is 5. The summed E-state index contributed by atoms with van der Waals surface area (Å²) in [4.78, 5) is 0. The first kappa shape index (κ1) is 20.4. The lowest BCUT2D eigenvalue weighted by Gasteiger charge is -2.22. The highest BCUT2D eigenvalue weighted by atomic mass is 79.9. The maximum absolute atomic E-state index is 5.96. The number of hydrogen-bond donors (Lipinski definition) is 0. The molecule has 0 N–H and O–H groups in total. The minimum absolute atomic E-state index is 0.0818. The van der Waals surface area contributed by atoms with Crippen LogP contribution in [-0.2, 0) is 14.2 Å². The third kappa shape index (κ3) is 6.35. The quantitative estimate of drug-likeness (QED) is 0.380. The van der Waals surface area contributed by atoms with Gasteiger partial charge in [0, 0.05) is 22.7 Å². The highest BCUT2D eigenvalue weighted by Gasteiger charge is 2.14. The van der Waals surface area contributed by atoms with Crippen molar-refractivity contribution in [1.29, 1.82) is 0 Å². The Morgan fingerprint density at radius 1 is 0.852 bits per heavy atom. The van der Waals surface area contributed by atoms with Crippen molar-refractivity contribution in [3.05, 3.63) is 36.4 Å². The van der Waals surface area contributed by atoms with Crippen LogP contribution in [0.1, 0.15) is 19.3 Å². The molecule has 1 aliphatic rings. The molecule has 0 spiro atoms. The van der Waals surface area contributed by atoms with Crippen LogP contribution in [0.5, 0.6) is 11.5 Å². The smallest absolute Gasteiger partial charge is 0.157 e. The SMILES string of the molecule is BrCCOCCOc1cccc2c(OCCOC3CCCCO3)cccc12. The average Bonchev–Trinajstić information content (AvgIpc) is 2.72. The second-order valence-electron chi connectivity index (χ2n) is 6.27. The largest absolute Gasteiger partial charge is 0.491 e. The molecule has 2 aromatic carbocycles. The topological polar surface area (TPSA) is 46.2 Å². The Labute approximate surface area is 169 Å². The van der Waals surface area contributed by atoms with E-state index in [2.05, 4.69) is 15.9 Å². The summed E-state index contributed by atoms with van der Waals surface area (Å²) in [5.74, 6) is 1.67. The summed E-state index contributed by atoms with van der Waals surface area (Å²) >= 11 is 3.34. The summed E-state index contributed by atoms with van der Waals surface area (Å²) in [6, 6.07) is 12.0. The van der Waals surface area contributed by atoms with Gasteiger partial charge in [-0.1, -0.05) is 40.2 Å². The van der Waals surface area contributed by atoms with Gasteiger partial charge in [0.2, 0.25) is 0 Å². The fourth-order valence-electron chi connectivity index (χ4n) is 3.05. The molecule has 1 fully saturated rings. The van der Waals surface area contributed by atoms with Crippen molar-refractivity contribution in [3.8, 4) is 11.5 Å². The molecule has 1 heterocycles. The predicted molar refractivity (Wildman–Crippen MR) is 109 cm³/mol. The van der Waals surface area contributed by atoms with Crippen molar-refractivity contribution in [2.24, 2.45) is 0 Å². The fourth-order valence-corrected chi connectivity index (χ4v) is 3.27. The second kappa shape index (κ2) is 11.5. The van der Waals surface area contributed by atoms with Crippen LogP contribution < -0.4 is 9.47 Å². The van der Waals surface area contributed by atoms with Gasteiger partial charge in [0.05, 0.1) is 19.8 Å². The molecule has 2 aromatic rings. The molecule has 1 unspecified atom stereocenters. The van der Waals surface area contributed by atoms with Gasteiger partial charge >= 0.3 is 0 Å². The van der Waals surface area contributed by atoms with Crippen LogP contribution in [-0.4, -0.2) is 51.3 Å². The Bertz CT molecular complexity index is 687. The van der Waals surface area contributed by atoms with E-state index in [9.17, 15) is 0 Å². The van der Waals surface area contributed by atoms with Gasteiger partial charge in [-0.15, -0.1) is 0 Å². The summed E-state index contributed by atoms with van der Waals surface area (Å²) in [6.07, 6.45) is 3.17. The molecule has 6 heteroatoms. The second-order valence-corrected chi connectivity index (χ2v) is 7.07. The molecule has 148 valence electrons. The standard InChI is InChI=1S/C21H27BrO5/c22-10-12-23-13-14-24-19-7-3-6-18-17(19)5-4-8-20(18)25-15-16-27-21-9-1-2-11-26-21/h3-8,21H,1-2,9-16H2. The highest BCUT2D eigenvalue weighted by Crippen LogP contribution is 2.32. The highest BCUT2D eigenvalue weighted by molar-refractivity contribution is 9.09. The Kier molecular flexibility index (Phi) is 8.68. The van der Waals surface area contributed by atoms with Gasteiger partial charge in [-0.05, 0) is 31.4 Å². The monoisotopic (exact) mass is 438 g/mol. The Hall–Kier alpha value is -1.34. The first-order chi connectivity index (χ1) is 13.4. The Morgan fingerprint density at radius 3 is 2.19 bits per heavy atom. The molecular formula is C21H27BrO5. The van der Waals surface area contributed by atoms with Crippen LogP contribution in [0.4, 0.5) is 0 Å². The zero-order valence-electron chi connectivity index (χ0n) is 15.5. The summed E-state index contributed by atoms with van der Waals surface area (Å²) in [6.45, 7) is 3.57. The van der Waals surface area contributed by atoms with E-state index in [1.54, 1.807) is 0 Å². The van der Waals surface area contributed by atoms with E-state index in [0.717, 1.165) is 47.1 Å². The van der Waals surface area contributed by atoms with Gasteiger partial charge < -0.3 is 23.7 Å². The van der Waals surface area contributed by atoms with E-state index in [-0.39, 0.29) is 6.29 Å². The third-order valence-electron chi connectivity index (χ3n) is 4.33. The molecule has 0 bridgehead atoms. The van der Waals surface area contributed by atoms with Crippen LogP contribution in [0.25, 0.3) is 10.8 Å². The predicted octanol–water partition coefficient (Wildman–Crippen LogP) is 4.55. The molecule has 0 radical (unpaired) electrons. The lowest BCUT2D eigenvalue weighted by Crippen LogP contribution is -2.24. The Balaban J connectivity index is 1.53. The van der Waals surface area contributed by atoms with Gasteiger partial charge in [-0.2, -0.15) is 0 Å². The molecule has 0 saturated carbocycles. The maximum atomic E-state index is 5.96. The van der Waals surface area contributed by atoms with Crippen LogP contribution >= 0.6 is 15.9 Å². The lowest BCUT2D eigenvalue weighted by molar-refractivity contribution is -0.165. The zero-order valence-corrected chi connectivity index (χ0v) is 17.1. The fraction of sp³-hybridized carbons (Fsp3) is 0.524. The molecule has 1 atom stereocenters. The first-order valence-electron chi connectivity index (χ1n) is 9.53. The number of benzene rings is 2. The first-order valence-corrected chi connectivity index (χ1v) is 10.6. The van der Waals surface area contributed by atoms with Gasteiger partial charge in [0.1, 0.15) is 24.7 Å². The van der Waals surface area contributed by atoms with Gasteiger partial charge in [-0.3, -0.25) is 0 Å². The van der Waals surface area contributed by atoms with E-state index >= 15 is 0 Å². The summed E-state index contributed by atoms with van der Waals surface area (Å²) < 4.78 is 28.6. The molecule has 3 rings (SSSR count). The van der Waals surface area contributed by atoms with Gasteiger partial charge in [-0.25, -0.2) is 0 Å². The van der Waals surface area contributed by atoms with Crippen molar-refractivity contribution in [2.75, 3.05) is 45.0 Å². The molecule has 27 heavy (non-hydrogen) atoms. The Morgan fingerprint density at radius 2 is 1.56 bits per heavy atom. The van der Waals surface area contributed by atoms with Crippen molar-refractivity contribution in [1.82, 2.24) is 0 Å². The van der Waals surface area contributed by atoms with E-state index in [4.69, 9.17) is 23.7 Å². The number of halogens is 1. The molecule has 0 aromatic heterocycles. The molecule has 1 saturated heterocycles. The molecule has 0 amide bonds. The molecular weight excluding hydrogens is 412 g/mol. The van der Waals surface area contributed by atoms with Crippen LogP contribution in [0.2, 0.25) is 0 Å². The molecule has 5 nitrogen and oxygen atoms in total. The zero-order chi connectivity index (χ0) is 18.7. The van der Waals surface area contributed by atoms with Crippen molar-refractivity contribution >= 4 is 26.7 Å². The average molecular weight is 439 g/mol. The lowest BCUT2D eigenvalue weighted by atomic mass is 10.1. The third-order valence-corrected chi connectivity index (χ3v) is 4.66. The van der Waals surface area contributed by atoms with Crippen LogP contribution in [0.3, 0.4) is 0 Å². The van der Waals surface area contributed by atoms with E-state index in [1.807, 2.05) is 36.4 Å². The van der Waals surface area contributed by atoms with Crippen LogP contribution in [0, 0.1) is 0 Å². The number of fused-ring (bicyclic) bond motifs is 1. The van der Waals surface area contributed by atoms with E-state index in [1.165, 1.54) is 6.42 Å². The van der Waals surface area contributed by atoms with Gasteiger partial charge in [0.25, 0.3) is 0 Å². The van der Waals surface area contributed by atoms with Gasteiger partial charge in [0.15, 0.2) is 6.29 Å². The normalized spacial score (nSPS) is 17.1. The summed E-state index contributed by atoms with van der Waals surface area (Å²) in [5.41, 5.74) is 0. The minimum Gasteiger partial charge on any atom is -0.491 e. The molecule has 0 aliphatic carbocycles. The number of ether oxygens (including phenoxy) is 5. The summed E-state index contributed by atoms with van der Waals surface area (Å²) in [7, 11) is 0. The van der Waals surface area contributed by atoms with E-state index < -0.39 is 0 Å². The van der Waals surface area contributed by atoms with Crippen molar-refractivity contribution in [2.45, 2.75) is 25.6 Å². The van der Waals surface area contributed by atoms with Crippen molar-refractivity contribution in [3.63, 3.8) is 0 Å². The number of alkyl halides is 1. The van der Waals surface area contributed by atoms with E-state index in [0.29, 0.717) is 33.0 Å². The number of rotatable bonds is 11. The molecule has 1 aliphatic heterocycles.